The van der Waals surface area contributed by atoms with Crippen LogP contribution in [0.15, 0.2) is 41.2 Å². The highest BCUT2D eigenvalue weighted by Crippen LogP contribution is 2.30. The van der Waals surface area contributed by atoms with E-state index in [0.717, 1.165) is 37.2 Å². The first-order valence-corrected chi connectivity index (χ1v) is 10.9. The number of benzene rings is 1. The Balaban J connectivity index is 1.17. The van der Waals surface area contributed by atoms with Crippen LogP contribution in [0.4, 0.5) is 12.0 Å². The van der Waals surface area contributed by atoms with Gasteiger partial charge in [-0.25, -0.2) is 9.97 Å². The van der Waals surface area contributed by atoms with E-state index in [9.17, 15) is 0 Å². The molecule has 1 aromatic carbocycles. The van der Waals surface area contributed by atoms with Gasteiger partial charge in [-0.2, -0.15) is 0 Å². The van der Waals surface area contributed by atoms with E-state index < -0.39 is 0 Å². The number of rotatable bonds is 7. The lowest BCUT2D eigenvalue weighted by Crippen LogP contribution is -2.19. The Morgan fingerprint density at radius 3 is 2.66 bits per heavy atom. The van der Waals surface area contributed by atoms with E-state index in [1.54, 1.807) is 18.5 Å². The molecule has 10 nitrogen and oxygen atoms in total. The Morgan fingerprint density at radius 2 is 1.91 bits per heavy atom. The average Bonchev–Trinajstić information content (AvgIpc) is 3.54. The van der Waals surface area contributed by atoms with Gasteiger partial charge in [0, 0.05) is 54.2 Å². The van der Waals surface area contributed by atoms with Crippen LogP contribution in [0.1, 0.15) is 23.6 Å². The molecule has 0 saturated carbocycles. The molecule has 0 radical (unpaired) electrons. The largest absolute Gasteiger partial charge is 0.403 e. The summed E-state index contributed by atoms with van der Waals surface area (Å²) in [5.74, 6) is 1.18. The average molecular weight is 472 g/mol. The Bertz CT molecular complexity index is 1160. The number of nitrogens with zero attached hydrogens (tertiary/aromatic N) is 7. The number of aromatic amines is 1. The number of H-pyrrole nitrogens is 1. The minimum atomic E-state index is 0.292. The second-order valence-electron chi connectivity index (χ2n) is 7.47. The van der Waals surface area contributed by atoms with Gasteiger partial charge in [0.25, 0.3) is 5.89 Å². The number of anilines is 2. The van der Waals surface area contributed by atoms with E-state index in [0.29, 0.717) is 45.9 Å². The second-order valence-corrected chi connectivity index (χ2v) is 8.34. The molecule has 1 aliphatic rings. The molecule has 1 saturated heterocycles. The zero-order valence-electron chi connectivity index (χ0n) is 16.9. The Morgan fingerprint density at radius 1 is 1.09 bits per heavy atom. The summed E-state index contributed by atoms with van der Waals surface area (Å²) in [6.07, 6.45) is 6.83. The van der Waals surface area contributed by atoms with E-state index in [-0.39, 0.29) is 0 Å². The summed E-state index contributed by atoms with van der Waals surface area (Å²) in [4.78, 5) is 10.7. The zero-order valence-corrected chi connectivity index (χ0v) is 18.4. The molecule has 4 aromatic rings. The highest BCUT2D eigenvalue weighted by molar-refractivity contribution is 6.34. The molecule has 12 heteroatoms. The zero-order chi connectivity index (χ0) is 21.9. The van der Waals surface area contributed by atoms with Crippen molar-refractivity contribution in [3.63, 3.8) is 0 Å². The van der Waals surface area contributed by atoms with Gasteiger partial charge in [0.05, 0.1) is 11.3 Å². The molecule has 1 aliphatic heterocycles. The van der Waals surface area contributed by atoms with Gasteiger partial charge in [-0.1, -0.05) is 33.5 Å². The molecular formula is C20H19Cl2N9O. The van der Waals surface area contributed by atoms with Gasteiger partial charge in [0.15, 0.2) is 0 Å². The van der Waals surface area contributed by atoms with E-state index in [1.165, 1.54) is 0 Å². The topological polar surface area (TPSA) is 122 Å². The van der Waals surface area contributed by atoms with Crippen molar-refractivity contribution in [2.45, 2.75) is 18.8 Å². The predicted molar refractivity (Wildman–Crippen MR) is 120 cm³/mol. The van der Waals surface area contributed by atoms with Crippen LogP contribution in [0.2, 0.25) is 10.0 Å². The molecule has 1 atom stereocenters. The molecule has 4 heterocycles. The lowest BCUT2D eigenvalue weighted by Gasteiger charge is -2.11. The van der Waals surface area contributed by atoms with Gasteiger partial charge < -0.3 is 14.6 Å². The minimum absolute atomic E-state index is 0.292. The molecule has 3 aromatic heterocycles. The first-order valence-electron chi connectivity index (χ1n) is 10.1. The van der Waals surface area contributed by atoms with Gasteiger partial charge in [-0.05, 0) is 36.6 Å². The number of hydrogen-bond donors (Lipinski definition) is 2. The molecule has 0 spiro atoms. The first kappa shape index (κ1) is 20.7. The van der Waals surface area contributed by atoms with Crippen molar-refractivity contribution >= 4 is 35.2 Å². The third-order valence-electron chi connectivity index (χ3n) is 5.24. The molecule has 1 unspecified atom stereocenters. The molecule has 32 heavy (non-hydrogen) atoms. The van der Waals surface area contributed by atoms with Crippen LogP contribution < -0.4 is 10.2 Å². The summed E-state index contributed by atoms with van der Waals surface area (Å²) in [6, 6.07) is 5.97. The van der Waals surface area contributed by atoms with Crippen molar-refractivity contribution in [2.24, 2.45) is 0 Å². The molecule has 0 amide bonds. The molecule has 164 valence electrons. The van der Waals surface area contributed by atoms with Crippen molar-refractivity contribution in [3.05, 3.63) is 58.1 Å². The minimum Gasteiger partial charge on any atom is -0.403 e. The molecule has 5 rings (SSSR count). The monoisotopic (exact) mass is 471 g/mol. The van der Waals surface area contributed by atoms with Gasteiger partial charge in [-0.3, -0.25) is 5.10 Å². The normalized spacial score (nSPS) is 15.9. The molecular weight excluding hydrogens is 453 g/mol. The summed E-state index contributed by atoms with van der Waals surface area (Å²) < 4.78 is 5.86. The van der Waals surface area contributed by atoms with Gasteiger partial charge >= 0.3 is 6.01 Å². The molecule has 2 N–H and O–H groups in total. The van der Waals surface area contributed by atoms with Crippen molar-refractivity contribution < 1.29 is 4.42 Å². The summed E-state index contributed by atoms with van der Waals surface area (Å²) in [7, 11) is 0. The smallest absolute Gasteiger partial charge is 0.318 e. The Kier molecular flexibility index (Phi) is 5.87. The van der Waals surface area contributed by atoms with Crippen molar-refractivity contribution in [1.29, 1.82) is 0 Å². The van der Waals surface area contributed by atoms with E-state index in [2.05, 4.69) is 45.8 Å². The van der Waals surface area contributed by atoms with Crippen molar-refractivity contribution in [1.82, 2.24) is 35.6 Å². The van der Waals surface area contributed by atoms with Gasteiger partial charge in [0.2, 0.25) is 5.95 Å². The van der Waals surface area contributed by atoms with Crippen LogP contribution in [0, 0.1) is 0 Å². The van der Waals surface area contributed by atoms with Gasteiger partial charge in [0.1, 0.15) is 0 Å². The summed E-state index contributed by atoms with van der Waals surface area (Å²) in [5, 5.41) is 23.4. The van der Waals surface area contributed by atoms with E-state index in [1.807, 2.05) is 18.3 Å². The SMILES string of the molecule is Clc1cc(Cl)cc(CCNc2ncc(-c3nnc(N4CCC(c5c[nH]nn5)C4)o3)cn2)c1. The molecule has 0 bridgehead atoms. The summed E-state index contributed by atoms with van der Waals surface area (Å²) in [6.45, 7) is 2.21. The highest BCUT2D eigenvalue weighted by Gasteiger charge is 2.29. The number of nitrogens with one attached hydrogen (secondary N) is 2. The lowest BCUT2D eigenvalue weighted by molar-refractivity contribution is 0.555. The third kappa shape index (κ3) is 4.66. The van der Waals surface area contributed by atoms with E-state index >= 15 is 0 Å². The highest BCUT2D eigenvalue weighted by atomic mass is 35.5. The molecule has 0 aliphatic carbocycles. The van der Waals surface area contributed by atoms with Gasteiger partial charge in [-0.15, -0.1) is 10.2 Å². The lowest BCUT2D eigenvalue weighted by atomic mass is 10.1. The van der Waals surface area contributed by atoms with E-state index in [4.69, 9.17) is 27.6 Å². The van der Waals surface area contributed by atoms with Crippen LogP contribution in [0.3, 0.4) is 0 Å². The standard InChI is InChI=1S/C20H19Cl2N9O/c21-15-5-12(6-16(22)7-15)1-3-23-19-24-8-14(9-25-19)18-28-29-20(32-18)31-4-2-13(11-31)17-10-26-30-27-17/h5-10,13H,1-4,11H2,(H,23,24,25)(H,26,27,30). The Labute approximate surface area is 193 Å². The maximum atomic E-state index is 6.04. The third-order valence-corrected chi connectivity index (χ3v) is 5.68. The quantitative estimate of drug-likeness (QED) is 0.416. The van der Waals surface area contributed by atoms with Crippen LogP contribution in [0.25, 0.3) is 11.5 Å². The number of aromatic nitrogens is 7. The van der Waals surface area contributed by atoms with Crippen LogP contribution >= 0.6 is 23.2 Å². The fraction of sp³-hybridized carbons (Fsp3) is 0.300. The summed E-state index contributed by atoms with van der Waals surface area (Å²) >= 11 is 12.1. The van der Waals surface area contributed by atoms with Crippen LogP contribution in [-0.4, -0.2) is 55.2 Å². The Hall–Kier alpha value is -3.24. The summed E-state index contributed by atoms with van der Waals surface area (Å²) in [5.41, 5.74) is 2.64. The molecule has 1 fully saturated rings. The number of hydrogen-bond acceptors (Lipinski definition) is 9. The van der Waals surface area contributed by atoms with Crippen molar-refractivity contribution in [2.75, 3.05) is 29.9 Å². The van der Waals surface area contributed by atoms with Crippen LogP contribution in [-0.2, 0) is 6.42 Å². The van der Waals surface area contributed by atoms with Crippen molar-refractivity contribution in [3.8, 4) is 11.5 Å². The van der Waals surface area contributed by atoms with Crippen LogP contribution in [0.5, 0.6) is 0 Å². The second kappa shape index (κ2) is 9.09. The fourth-order valence-electron chi connectivity index (χ4n) is 3.65. The number of halogens is 2. The maximum Gasteiger partial charge on any atom is 0.318 e. The first-order chi connectivity index (χ1) is 15.6. The maximum absolute atomic E-state index is 6.04. The predicted octanol–water partition coefficient (Wildman–Crippen LogP) is 3.60. The fourth-order valence-corrected chi connectivity index (χ4v) is 4.22.